The Hall–Kier alpha value is -0.120. The van der Waals surface area contributed by atoms with Gasteiger partial charge in [0.1, 0.15) is 0 Å². The Morgan fingerprint density at radius 1 is 1.00 bits per heavy atom. The lowest BCUT2D eigenvalue weighted by Crippen LogP contribution is -2.44. The first-order valence-corrected chi connectivity index (χ1v) is 5.86. The van der Waals surface area contributed by atoms with Crippen molar-refractivity contribution in [1.29, 1.82) is 0 Å². The molecule has 14 heavy (non-hydrogen) atoms. The molecule has 0 aromatic carbocycles. The van der Waals surface area contributed by atoms with E-state index in [4.69, 9.17) is 4.74 Å². The Morgan fingerprint density at radius 2 is 1.57 bits per heavy atom. The largest absolute Gasteiger partial charge is 0.379 e. The normalized spacial score (nSPS) is 25.3. The van der Waals surface area contributed by atoms with Crippen LogP contribution in [0.4, 0.5) is 0 Å². The van der Waals surface area contributed by atoms with Crippen LogP contribution in [0.1, 0.15) is 32.1 Å². The highest BCUT2D eigenvalue weighted by Gasteiger charge is 2.22. The van der Waals surface area contributed by atoms with Gasteiger partial charge in [-0.05, 0) is 19.9 Å². The van der Waals surface area contributed by atoms with Crippen molar-refractivity contribution in [3.8, 4) is 0 Å². The molecule has 1 aliphatic heterocycles. The van der Waals surface area contributed by atoms with Gasteiger partial charge in [-0.15, -0.1) is 0 Å². The maximum Gasteiger partial charge on any atom is 0.0594 e. The van der Waals surface area contributed by atoms with Gasteiger partial charge in [0.25, 0.3) is 0 Å². The number of hydrogen-bond donors (Lipinski definition) is 1. The van der Waals surface area contributed by atoms with E-state index in [1.807, 2.05) is 0 Å². The van der Waals surface area contributed by atoms with Crippen LogP contribution in [0.5, 0.6) is 0 Å². The van der Waals surface area contributed by atoms with E-state index in [9.17, 15) is 0 Å². The Balaban J connectivity index is 0.000000461. The number of nitrogens with two attached hydrogens (primary N) is 1. The van der Waals surface area contributed by atoms with Crippen molar-refractivity contribution in [3.05, 3.63) is 0 Å². The minimum Gasteiger partial charge on any atom is -0.379 e. The summed E-state index contributed by atoms with van der Waals surface area (Å²) in [5.41, 5.74) is 4.50. The number of morpholine rings is 1. The SMILES string of the molecule is C1CCC(N2CCOCC2)CC1.CN. The predicted octanol–water partition coefficient (Wildman–Crippen LogP) is 1.23. The van der Waals surface area contributed by atoms with Crippen molar-refractivity contribution < 1.29 is 4.74 Å². The van der Waals surface area contributed by atoms with Crippen LogP contribution in [0.25, 0.3) is 0 Å². The molecule has 0 atom stereocenters. The first kappa shape index (κ1) is 12.0. The van der Waals surface area contributed by atoms with Gasteiger partial charge in [0.05, 0.1) is 13.2 Å². The zero-order valence-corrected chi connectivity index (χ0v) is 9.37. The molecule has 0 radical (unpaired) electrons. The van der Waals surface area contributed by atoms with Crippen molar-refractivity contribution in [2.45, 2.75) is 38.1 Å². The van der Waals surface area contributed by atoms with Gasteiger partial charge in [0, 0.05) is 19.1 Å². The molecule has 3 heteroatoms. The highest BCUT2D eigenvalue weighted by atomic mass is 16.5. The molecule has 2 fully saturated rings. The fourth-order valence-electron chi connectivity index (χ4n) is 2.39. The van der Waals surface area contributed by atoms with Gasteiger partial charge in [-0.2, -0.15) is 0 Å². The summed E-state index contributed by atoms with van der Waals surface area (Å²) in [6.45, 7) is 4.25. The summed E-state index contributed by atoms with van der Waals surface area (Å²) in [4.78, 5) is 2.63. The first-order valence-electron chi connectivity index (χ1n) is 5.86. The molecule has 1 aliphatic carbocycles. The number of nitrogens with zero attached hydrogens (tertiary/aromatic N) is 1. The summed E-state index contributed by atoms with van der Waals surface area (Å²) in [6, 6.07) is 0.891. The lowest BCUT2D eigenvalue weighted by Gasteiger charge is -2.36. The second kappa shape index (κ2) is 7.21. The lowest BCUT2D eigenvalue weighted by atomic mass is 9.94. The van der Waals surface area contributed by atoms with Crippen molar-refractivity contribution in [1.82, 2.24) is 4.90 Å². The predicted molar refractivity (Wildman–Crippen MR) is 59.4 cm³/mol. The molecule has 0 unspecified atom stereocenters. The molecule has 0 amide bonds. The molecule has 1 saturated carbocycles. The highest BCUT2D eigenvalue weighted by molar-refractivity contribution is 4.76. The maximum absolute atomic E-state index is 5.35. The Morgan fingerprint density at radius 3 is 2.14 bits per heavy atom. The molecular formula is C11H24N2O. The minimum absolute atomic E-state index is 0.891. The van der Waals surface area contributed by atoms with Gasteiger partial charge in [-0.25, -0.2) is 0 Å². The van der Waals surface area contributed by atoms with Crippen LogP contribution >= 0.6 is 0 Å². The monoisotopic (exact) mass is 200 g/mol. The second-order valence-corrected chi connectivity index (χ2v) is 3.94. The molecule has 2 aliphatic rings. The van der Waals surface area contributed by atoms with Gasteiger partial charge in [-0.1, -0.05) is 19.3 Å². The summed E-state index contributed by atoms with van der Waals surface area (Å²) in [7, 11) is 1.50. The average molecular weight is 200 g/mol. The van der Waals surface area contributed by atoms with Crippen LogP contribution in [0.2, 0.25) is 0 Å². The summed E-state index contributed by atoms with van der Waals surface area (Å²) in [5, 5.41) is 0. The molecule has 0 spiro atoms. The fourth-order valence-corrected chi connectivity index (χ4v) is 2.39. The molecule has 84 valence electrons. The molecule has 1 saturated heterocycles. The summed E-state index contributed by atoms with van der Waals surface area (Å²) in [5.74, 6) is 0. The quantitative estimate of drug-likeness (QED) is 0.692. The number of rotatable bonds is 1. The standard InChI is InChI=1S/C10H19NO.CH5N/c1-2-4-10(5-3-1)11-6-8-12-9-7-11;1-2/h10H,1-9H2;2H2,1H3. The van der Waals surface area contributed by atoms with Crippen molar-refractivity contribution >= 4 is 0 Å². The average Bonchev–Trinajstić information content (AvgIpc) is 2.34. The molecule has 0 bridgehead atoms. The van der Waals surface area contributed by atoms with Gasteiger partial charge in [-0.3, -0.25) is 4.90 Å². The zero-order valence-electron chi connectivity index (χ0n) is 9.37. The Bertz CT molecular complexity index is 113. The van der Waals surface area contributed by atoms with Gasteiger partial charge in [0.2, 0.25) is 0 Å². The smallest absolute Gasteiger partial charge is 0.0594 e. The first-order chi connectivity index (χ1) is 6.97. The Kier molecular flexibility index (Phi) is 6.15. The summed E-state index contributed by atoms with van der Waals surface area (Å²) < 4.78 is 5.35. The van der Waals surface area contributed by atoms with Crippen LogP contribution in [0.3, 0.4) is 0 Å². The number of hydrogen-bond acceptors (Lipinski definition) is 3. The summed E-state index contributed by atoms with van der Waals surface area (Å²) >= 11 is 0. The van der Waals surface area contributed by atoms with Crippen LogP contribution in [-0.2, 0) is 4.74 Å². The molecule has 2 rings (SSSR count). The lowest BCUT2D eigenvalue weighted by molar-refractivity contribution is 0.00858. The van der Waals surface area contributed by atoms with Crippen molar-refractivity contribution in [2.24, 2.45) is 5.73 Å². The number of ether oxygens (including phenoxy) is 1. The van der Waals surface area contributed by atoms with Crippen molar-refractivity contribution in [3.63, 3.8) is 0 Å². The van der Waals surface area contributed by atoms with Gasteiger partial charge in [0.15, 0.2) is 0 Å². The molecule has 0 aromatic rings. The topological polar surface area (TPSA) is 38.5 Å². The molecule has 0 aromatic heterocycles. The van der Waals surface area contributed by atoms with Crippen LogP contribution < -0.4 is 5.73 Å². The highest BCUT2D eigenvalue weighted by Crippen LogP contribution is 2.22. The third-order valence-electron chi connectivity index (χ3n) is 3.14. The van der Waals surface area contributed by atoms with Crippen LogP contribution in [0, 0.1) is 0 Å². The van der Waals surface area contributed by atoms with Gasteiger partial charge < -0.3 is 10.5 Å². The van der Waals surface area contributed by atoms with E-state index >= 15 is 0 Å². The van der Waals surface area contributed by atoms with Crippen molar-refractivity contribution in [2.75, 3.05) is 33.4 Å². The molecule has 3 nitrogen and oxygen atoms in total. The van der Waals surface area contributed by atoms with Crippen LogP contribution in [-0.4, -0.2) is 44.3 Å². The van der Waals surface area contributed by atoms with E-state index < -0.39 is 0 Å². The van der Waals surface area contributed by atoms with E-state index in [1.54, 1.807) is 0 Å². The third kappa shape index (κ3) is 3.56. The van der Waals surface area contributed by atoms with E-state index in [0.717, 1.165) is 19.3 Å². The summed E-state index contributed by atoms with van der Waals surface area (Å²) in [6.07, 6.45) is 7.21. The molecule has 1 heterocycles. The zero-order chi connectivity index (χ0) is 10.2. The van der Waals surface area contributed by atoms with E-state index in [0.29, 0.717) is 0 Å². The minimum atomic E-state index is 0.891. The Labute approximate surface area is 87.6 Å². The van der Waals surface area contributed by atoms with Gasteiger partial charge >= 0.3 is 0 Å². The second-order valence-electron chi connectivity index (χ2n) is 3.94. The van der Waals surface area contributed by atoms with E-state index in [2.05, 4.69) is 10.6 Å². The molecule has 2 N–H and O–H groups in total. The van der Waals surface area contributed by atoms with E-state index in [1.165, 1.54) is 52.2 Å². The third-order valence-corrected chi connectivity index (χ3v) is 3.14. The van der Waals surface area contributed by atoms with Crippen LogP contribution in [0.15, 0.2) is 0 Å². The fraction of sp³-hybridized carbons (Fsp3) is 1.00. The molecular weight excluding hydrogens is 176 g/mol. The van der Waals surface area contributed by atoms with E-state index in [-0.39, 0.29) is 0 Å². The maximum atomic E-state index is 5.35.